The number of unbranched alkanes of at least 4 members (excludes halogenated alkanes) is 1. The fourth-order valence-corrected chi connectivity index (χ4v) is 3.64. The van der Waals surface area contributed by atoms with Crippen LogP contribution in [-0.4, -0.2) is 57.8 Å². The Balaban J connectivity index is 1.89. The lowest BCUT2D eigenvalue weighted by Gasteiger charge is -2.36. The summed E-state index contributed by atoms with van der Waals surface area (Å²) in [5, 5.41) is 2.97. The second-order valence-electron chi connectivity index (χ2n) is 8.75. The van der Waals surface area contributed by atoms with Crippen molar-refractivity contribution in [1.29, 1.82) is 0 Å². The molecule has 11 heteroatoms. The highest BCUT2D eigenvalue weighted by Gasteiger charge is 2.60. The highest BCUT2D eigenvalue weighted by atomic mass is 19.4. The first-order valence-electron chi connectivity index (χ1n) is 11.2. The van der Waals surface area contributed by atoms with E-state index in [0.717, 1.165) is 35.3 Å². The Morgan fingerprint density at radius 1 is 1.35 bits per heavy atom. The van der Waals surface area contributed by atoms with Crippen molar-refractivity contribution in [2.24, 2.45) is 0 Å². The van der Waals surface area contributed by atoms with E-state index in [9.17, 15) is 22.8 Å². The second-order valence-corrected chi connectivity index (χ2v) is 8.75. The summed E-state index contributed by atoms with van der Waals surface area (Å²) >= 11 is 0. The molecule has 3 rings (SSSR count). The number of nitrogens with one attached hydrogen (secondary N) is 1. The molecule has 0 radical (unpaired) electrons. The Bertz CT molecular complexity index is 1070. The van der Waals surface area contributed by atoms with Gasteiger partial charge in [0.1, 0.15) is 5.82 Å². The van der Waals surface area contributed by atoms with Crippen LogP contribution in [-0.2, 0) is 11.3 Å². The second kappa shape index (κ2) is 10.1. The van der Waals surface area contributed by atoms with Gasteiger partial charge in [0.15, 0.2) is 11.3 Å². The number of rotatable bonds is 10. The Kier molecular flexibility index (Phi) is 7.64. The third-order valence-corrected chi connectivity index (χ3v) is 5.91. The summed E-state index contributed by atoms with van der Waals surface area (Å²) in [4.78, 5) is 34.8. The van der Waals surface area contributed by atoms with Crippen LogP contribution in [0.1, 0.15) is 49.7 Å². The van der Waals surface area contributed by atoms with Crippen LogP contribution in [0.15, 0.2) is 29.2 Å². The van der Waals surface area contributed by atoms with E-state index in [0.29, 0.717) is 18.8 Å². The third kappa shape index (κ3) is 5.40. The van der Waals surface area contributed by atoms with E-state index in [1.54, 1.807) is 13.0 Å². The zero-order chi connectivity index (χ0) is 25.1. The van der Waals surface area contributed by atoms with E-state index < -0.39 is 36.1 Å². The third-order valence-electron chi connectivity index (χ3n) is 5.91. The summed E-state index contributed by atoms with van der Waals surface area (Å²) in [6.45, 7) is 6.27. The van der Waals surface area contributed by atoms with Crippen molar-refractivity contribution in [3.8, 4) is 0 Å². The summed E-state index contributed by atoms with van der Waals surface area (Å²) in [5.74, 6) is -0.632. The molecule has 8 nitrogen and oxygen atoms in total. The molecule has 0 amide bonds. The zero-order valence-corrected chi connectivity index (χ0v) is 19.8. The van der Waals surface area contributed by atoms with Gasteiger partial charge in [-0.15, -0.1) is 0 Å². The number of hydrogen-bond donors (Lipinski definition) is 1. The molecule has 2 atom stereocenters. The molecule has 1 N–H and O–H groups in total. The lowest BCUT2D eigenvalue weighted by Crippen LogP contribution is -2.57. The van der Waals surface area contributed by atoms with Crippen LogP contribution in [0.25, 0.3) is 0 Å². The summed E-state index contributed by atoms with van der Waals surface area (Å²) in [6, 6.07) is 4.29. The first-order valence-corrected chi connectivity index (χ1v) is 11.2. The van der Waals surface area contributed by atoms with Gasteiger partial charge in [-0.25, -0.2) is 0 Å². The van der Waals surface area contributed by atoms with E-state index in [-0.39, 0.29) is 23.4 Å². The van der Waals surface area contributed by atoms with Crippen LogP contribution in [0.2, 0.25) is 0 Å². The number of aromatic nitrogens is 3. The zero-order valence-electron chi connectivity index (χ0n) is 19.8. The summed E-state index contributed by atoms with van der Waals surface area (Å²) in [6.07, 6.45) is -1.66. The van der Waals surface area contributed by atoms with Gasteiger partial charge >= 0.3 is 6.18 Å². The quantitative estimate of drug-likeness (QED) is 0.410. The van der Waals surface area contributed by atoms with Crippen LogP contribution < -0.4 is 15.8 Å². The maximum Gasteiger partial charge on any atom is 0.413 e. The summed E-state index contributed by atoms with van der Waals surface area (Å²) in [5.41, 5.74) is -2.24. The molecule has 1 aliphatic heterocycles. The van der Waals surface area contributed by atoms with Crippen LogP contribution in [0.5, 0.6) is 0 Å². The van der Waals surface area contributed by atoms with Gasteiger partial charge in [-0.05, 0) is 39.3 Å². The number of fused-ring (bicyclic) bond motifs is 1. The van der Waals surface area contributed by atoms with Gasteiger partial charge in [0.2, 0.25) is 5.95 Å². The minimum absolute atomic E-state index is 0.128. The lowest BCUT2D eigenvalue weighted by molar-refractivity contribution is -0.181. The molecular weight excluding hydrogens is 451 g/mol. The first kappa shape index (κ1) is 25.7. The number of Topliss-reactive ketones (excluding diaryl/α,β-unsaturated/α-hetero) is 1. The molecule has 0 aliphatic carbocycles. The highest BCUT2D eigenvalue weighted by Crippen LogP contribution is 2.43. The predicted octanol–water partition coefficient (Wildman–Crippen LogP) is 3.59. The summed E-state index contributed by atoms with van der Waals surface area (Å²) < 4.78 is 49.1. The van der Waals surface area contributed by atoms with Gasteiger partial charge in [-0.3, -0.25) is 19.1 Å². The van der Waals surface area contributed by atoms with Gasteiger partial charge in [0.25, 0.3) is 5.56 Å². The maximum atomic E-state index is 14.2. The number of anilines is 2. The molecule has 0 saturated heterocycles. The predicted molar refractivity (Wildman–Crippen MR) is 122 cm³/mol. The van der Waals surface area contributed by atoms with Gasteiger partial charge < -0.3 is 15.0 Å². The lowest BCUT2D eigenvalue weighted by atomic mass is 10.00. The SMILES string of the molecule is CCCCO[C@@H](C)CNc1cc(=O)n2c(n1)N(CC(=O)c1ccc(C)nc1)C(C)(C(F)(F)F)C2. The minimum Gasteiger partial charge on any atom is -0.377 e. The molecule has 0 bridgehead atoms. The molecule has 0 aromatic carbocycles. The minimum atomic E-state index is -4.71. The molecular formula is C23H30F3N5O3. The first-order chi connectivity index (χ1) is 16.0. The maximum absolute atomic E-state index is 14.2. The van der Waals surface area contributed by atoms with Crippen LogP contribution in [0.3, 0.4) is 0 Å². The van der Waals surface area contributed by atoms with Crippen molar-refractivity contribution in [2.45, 2.75) is 64.9 Å². The fourth-order valence-electron chi connectivity index (χ4n) is 3.64. The number of pyridine rings is 1. The molecule has 186 valence electrons. The van der Waals surface area contributed by atoms with Crippen molar-refractivity contribution in [3.05, 3.63) is 46.0 Å². The van der Waals surface area contributed by atoms with E-state index in [1.165, 1.54) is 12.3 Å². The van der Waals surface area contributed by atoms with Crippen molar-refractivity contribution < 1.29 is 22.7 Å². The van der Waals surface area contributed by atoms with Crippen molar-refractivity contribution >= 4 is 17.5 Å². The largest absolute Gasteiger partial charge is 0.413 e. The number of nitrogens with zero attached hydrogens (tertiary/aromatic N) is 4. The van der Waals surface area contributed by atoms with Gasteiger partial charge in [0.05, 0.1) is 19.2 Å². The van der Waals surface area contributed by atoms with E-state index in [1.807, 2.05) is 6.92 Å². The van der Waals surface area contributed by atoms with Crippen LogP contribution in [0.4, 0.5) is 24.9 Å². The van der Waals surface area contributed by atoms with Crippen LogP contribution in [0, 0.1) is 6.92 Å². The monoisotopic (exact) mass is 481 g/mol. The molecule has 34 heavy (non-hydrogen) atoms. The smallest absolute Gasteiger partial charge is 0.377 e. The number of carbonyl (C=O) groups is 1. The molecule has 2 aromatic rings. The molecule has 0 spiro atoms. The average Bonchev–Trinajstić information content (AvgIpc) is 3.06. The van der Waals surface area contributed by atoms with Gasteiger partial charge in [-0.2, -0.15) is 18.2 Å². The summed E-state index contributed by atoms with van der Waals surface area (Å²) in [7, 11) is 0. The molecule has 2 aromatic heterocycles. The fraction of sp³-hybridized carbons (Fsp3) is 0.565. The Morgan fingerprint density at radius 3 is 2.71 bits per heavy atom. The van der Waals surface area contributed by atoms with Gasteiger partial charge in [0, 0.05) is 36.7 Å². The molecule has 1 unspecified atom stereocenters. The van der Waals surface area contributed by atoms with E-state index >= 15 is 0 Å². The number of alkyl halides is 3. The normalized spacial score (nSPS) is 18.6. The Morgan fingerprint density at radius 2 is 2.09 bits per heavy atom. The topological polar surface area (TPSA) is 89.4 Å². The number of ether oxygens (including phenoxy) is 1. The number of ketones is 1. The molecule has 3 heterocycles. The molecule has 0 saturated carbocycles. The molecule has 1 aliphatic rings. The number of hydrogen-bond acceptors (Lipinski definition) is 7. The average molecular weight is 482 g/mol. The standard InChI is InChI=1S/C23H30F3N5O3/c1-5-6-9-34-16(3)11-28-19-10-20(33)30-14-22(4,23(24,25)26)31(21(30)29-19)13-18(32)17-8-7-15(2)27-12-17/h7-8,10,12,16,28H,5-6,9,11,13-14H2,1-4H3/t16-,22?/m0/s1. The van der Waals surface area contributed by atoms with E-state index in [4.69, 9.17) is 4.74 Å². The molecule has 0 fully saturated rings. The van der Waals surface area contributed by atoms with Gasteiger partial charge in [-0.1, -0.05) is 13.3 Å². The number of carbonyl (C=O) groups excluding carboxylic acids is 1. The van der Waals surface area contributed by atoms with Crippen LogP contribution >= 0.6 is 0 Å². The number of aryl methyl sites for hydroxylation is 1. The Labute approximate surface area is 196 Å². The number of halogens is 3. The van der Waals surface area contributed by atoms with Crippen molar-refractivity contribution in [3.63, 3.8) is 0 Å². The van der Waals surface area contributed by atoms with Crippen molar-refractivity contribution in [1.82, 2.24) is 14.5 Å². The van der Waals surface area contributed by atoms with Crippen molar-refractivity contribution in [2.75, 3.05) is 29.9 Å². The highest BCUT2D eigenvalue weighted by molar-refractivity contribution is 5.99. The Hall–Kier alpha value is -2.95. The van der Waals surface area contributed by atoms with E-state index in [2.05, 4.69) is 22.2 Å².